The van der Waals surface area contributed by atoms with E-state index >= 15 is 0 Å². The molecule has 4 rings (SSSR count). The summed E-state index contributed by atoms with van der Waals surface area (Å²) in [7, 11) is -7.68. The van der Waals surface area contributed by atoms with Crippen molar-refractivity contribution in [1.29, 1.82) is 0 Å². The number of anilines is 1. The number of sulfonamides is 2. The maximum atomic E-state index is 13.6. The van der Waals surface area contributed by atoms with E-state index in [1.807, 2.05) is 31.2 Å². The molecular weight excluding hydrogens is 477 g/mol. The zero-order valence-corrected chi connectivity index (χ0v) is 20.3. The molecule has 3 aromatic rings. The lowest BCUT2D eigenvalue weighted by atomic mass is 9.95. The molecule has 34 heavy (non-hydrogen) atoms. The highest BCUT2D eigenvalue weighted by atomic mass is 32.2. The molecule has 1 aliphatic heterocycles. The van der Waals surface area contributed by atoms with Crippen molar-refractivity contribution >= 4 is 31.4 Å². The lowest BCUT2D eigenvalue weighted by Gasteiger charge is -2.24. The van der Waals surface area contributed by atoms with Crippen molar-refractivity contribution in [2.45, 2.75) is 31.2 Å². The van der Waals surface area contributed by atoms with Gasteiger partial charge in [-0.25, -0.2) is 12.8 Å². The minimum atomic E-state index is -4.12. The molecule has 0 radical (unpaired) electrons. The molecule has 1 heterocycles. The molecule has 0 aliphatic carbocycles. The molecule has 0 amide bonds. The second kappa shape index (κ2) is 9.19. The van der Waals surface area contributed by atoms with Crippen LogP contribution < -0.4 is 4.72 Å². The first-order chi connectivity index (χ1) is 16.1. The van der Waals surface area contributed by atoms with Crippen LogP contribution in [0.3, 0.4) is 0 Å². The Morgan fingerprint density at radius 2 is 1.62 bits per heavy atom. The fourth-order valence-corrected chi connectivity index (χ4v) is 5.93. The van der Waals surface area contributed by atoms with Crippen molar-refractivity contribution in [2.24, 2.45) is 5.10 Å². The number of para-hydroxylation sites is 1. The van der Waals surface area contributed by atoms with Crippen LogP contribution in [0.25, 0.3) is 0 Å². The normalized spacial score (nSPS) is 16.4. The van der Waals surface area contributed by atoms with Gasteiger partial charge in [0.15, 0.2) is 0 Å². The highest BCUT2D eigenvalue weighted by molar-refractivity contribution is 7.92. The van der Waals surface area contributed by atoms with Gasteiger partial charge < -0.3 is 0 Å². The summed E-state index contributed by atoms with van der Waals surface area (Å²) >= 11 is 0. The minimum absolute atomic E-state index is 0.0857. The third-order valence-electron chi connectivity index (χ3n) is 5.66. The van der Waals surface area contributed by atoms with Crippen LogP contribution in [-0.2, 0) is 20.0 Å². The van der Waals surface area contributed by atoms with Gasteiger partial charge in [-0.15, -0.1) is 0 Å². The van der Waals surface area contributed by atoms with Crippen LogP contribution >= 0.6 is 0 Å². The van der Waals surface area contributed by atoms with E-state index in [1.54, 1.807) is 24.3 Å². The van der Waals surface area contributed by atoms with Gasteiger partial charge in [-0.05, 0) is 55.3 Å². The molecule has 0 bridgehead atoms. The smallest absolute Gasteiger partial charge is 0.279 e. The molecule has 7 nitrogen and oxygen atoms in total. The van der Waals surface area contributed by atoms with Crippen LogP contribution in [0.2, 0.25) is 0 Å². The molecule has 0 fully saturated rings. The molecule has 0 aromatic heterocycles. The topological polar surface area (TPSA) is 95.9 Å². The number of hydrogen-bond acceptors (Lipinski definition) is 5. The van der Waals surface area contributed by atoms with Gasteiger partial charge in [0, 0.05) is 12.0 Å². The fourth-order valence-electron chi connectivity index (χ4n) is 3.84. The van der Waals surface area contributed by atoms with Gasteiger partial charge in [-0.2, -0.15) is 17.9 Å². The summed E-state index contributed by atoms with van der Waals surface area (Å²) in [5.41, 5.74) is 2.91. The largest absolute Gasteiger partial charge is 0.283 e. The standard InChI is InChI=1S/C24H24FN3O4S2/c1-3-33(29,30)27-22-11-7-6-10-21(22)23-16-24(20-9-5-4-8-17(20)2)28(26-23)34(31,32)19-14-12-18(25)13-15-19/h4-15,24,27H,3,16H2,1-2H3/t24-/m0/s1. The summed E-state index contributed by atoms with van der Waals surface area (Å²) in [5.74, 6) is -0.651. The molecule has 10 heteroatoms. The maximum absolute atomic E-state index is 13.6. The second-order valence-corrected chi connectivity index (χ2v) is 11.7. The van der Waals surface area contributed by atoms with Crippen molar-refractivity contribution in [3.63, 3.8) is 0 Å². The van der Waals surface area contributed by atoms with Gasteiger partial charge in [-0.1, -0.05) is 42.5 Å². The Morgan fingerprint density at radius 1 is 0.971 bits per heavy atom. The van der Waals surface area contributed by atoms with Gasteiger partial charge in [0.05, 0.1) is 28.1 Å². The first kappa shape index (κ1) is 23.9. The van der Waals surface area contributed by atoms with E-state index in [-0.39, 0.29) is 17.1 Å². The lowest BCUT2D eigenvalue weighted by molar-refractivity contribution is 0.370. The summed E-state index contributed by atoms with van der Waals surface area (Å²) in [5, 5.41) is 4.48. The summed E-state index contributed by atoms with van der Waals surface area (Å²) in [6.07, 6.45) is 0.232. The van der Waals surface area contributed by atoms with Crippen molar-refractivity contribution in [1.82, 2.24) is 4.41 Å². The number of benzene rings is 3. The minimum Gasteiger partial charge on any atom is -0.283 e. The number of nitrogens with zero attached hydrogens (tertiary/aromatic N) is 2. The molecule has 0 saturated carbocycles. The van der Waals surface area contributed by atoms with E-state index < -0.39 is 31.9 Å². The van der Waals surface area contributed by atoms with E-state index in [4.69, 9.17) is 0 Å². The molecule has 3 aromatic carbocycles. The SMILES string of the molecule is CCS(=O)(=O)Nc1ccccc1C1=NN(S(=O)(=O)c2ccc(F)cc2)[C@H](c2ccccc2C)C1. The molecule has 178 valence electrons. The number of hydrazone groups is 1. The zero-order chi connectivity index (χ0) is 24.5. The summed E-state index contributed by atoms with van der Waals surface area (Å²) in [6, 6.07) is 18.1. The van der Waals surface area contributed by atoms with Crippen LogP contribution in [0.4, 0.5) is 10.1 Å². The molecule has 1 atom stereocenters. The Morgan fingerprint density at radius 3 is 2.29 bits per heavy atom. The Balaban J connectivity index is 1.84. The van der Waals surface area contributed by atoms with E-state index in [0.29, 0.717) is 17.0 Å². The highest BCUT2D eigenvalue weighted by Crippen LogP contribution is 2.39. The van der Waals surface area contributed by atoms with Crippen LogP contribution in [-0.4, -0.2) is 32.7 Å². The van der Waals surface area contributed by atoms with Crippen molar-refractivity contribution in [3.05, 3.63) is 95.3 Å². The van der Waals surface area contributed by atoms with E-state index in [9.17, 15) is 21.2 Å². The maximum Gasteiger partial charge on any atom is 0.279 e. The first-order valence-corrected chi connectivity index (χ1v) is 13.7. The van der Waals surface area contributed by atoms with E-state index in [0.717, 1.165) is 27.7 Å². The van der Waals surface area contributed by atoms with Gasteiger partial charge in [0.25, 0.3) is 10.0 Å². The van der Waals surface area contributed by atoms with Crippen molar-refractivity contribution in [2.75, 3.05) is 10.5 Å². The average Bonchev–Trinajstić information content (AvgIpc) is 3.26. The van der Waals surface area contributed by atoms with Gasteiger partial charge >= 0.3 is 0 Å². The predicted octanol–water partition coefficient (Wildman–Crippen LogP) is 4.44. The number of hydrogen-bond donors (Lipinski definition) is 1. The lowest BCUT2D eigenvalue weighted by Crippen LogP contribution is -2.27. The highest BCUT2D eigenvalue weighted by Gasteiger charge is 2.38. The van der Waals surface area contributed by atoms with E-state index in [2.05, 4.69) is 9.82 Å². The van der Waals surface area contributed by atoms with Crippen LogP contribution in [0.15, 0.2) is 82.8 Å². The van der Waals surface area contributed by atoms with Gasteiger partial charge in [0.2, 0.25) is 10.0 Å². The number of nitrogens with one attached hydrogen (secondary N) is 1. The summed E-state index contributed by atoms with van der Waals surface area (Å²) < 4.78 is 68.6. The Hall–Kier alpha value is -3.24. The number of halogens is 1. The number of aryl methyl sites for hydroxylation is 1. The quantitative estimate of drug-likeness (QED) is 0.518. The average molecular weight is 502 g/mol. The third-order valence-corrected chi connectivity index (χ3v) is 8.65. The van der Waals surface area contributed by atoms with Gasteiger partial charge in [0.1, 0.15) is 5.82 Å². The monoisotopic (exact) mass is 501 g/mol. The zero-order valence-electron chi connectivity index (χ0n) is 18.6. The summed E-state index contributed by atoms with van der Waals surface area (Å²) in [6.45, 7) is 3.42. The fraction of sp³-hybridized carbons (Fsp3) is 0.208. The molecule has 1 aliphatic rings. The Labute approximate surface area is 199 Å². The van der Waals surface area contributed by atoms with Crippen molar-refractivity contribution in [3.8, 4) is 0 Å². The number of rotatable bonds is 7. The Kier molecular flexibility index (Phi) is 6.46. The molecule has 0 unspecified atom stereocenters. The molecular formula is C24H24FN3O4S2. The molecule has 0 spiro atoms. The second-order valence-electron chi connectivity index (χ2n) is 7.91. The van der Waals surface area contributed by atoms with Crippen LogP contribution in [0.5, 0.6) is 0 Å². The van der Waals surface area contributed by atoms with Gasteiger partial charge in [-0.3, -0.25) is 4.72 Å². The molecule has 1 N–H and O–H groups in total. The predicted molar refractivity (Wildman–Crippen MR) is 130 cm³/mol. The Bertz CT molecular complexity index is 1450. The first-order valence-electron chi connectivity index (χ1n) is 10.7. The van der Waals surface area contributed by atoms with Crippen LogP contribution in [0.1, 0.15) is 36.1 Å². The van der Waals surface area contributed by atoms with Crippen molar-refractivity contribution < 1.29 is 21.2 Å². The molecule has 0 saturated heterocycles. The van der Waals surface area contributed by atoms with Crippen LogP contribution in [0, 0.1) is 12.7 Å². The van der Waals surface area contributed by atoms with E-state index in [1.165, 1.54) is 19.1 Å². The summed E-state index contributed by atoms with van der Waals surface area (Å²) in [4.78, 5) is -0.0857. The third kappa shape index (κ3) is 4.69.